The van der Waals surface area contributed by atoms with Gasteiger partial charge in [-0.1, -0.05) is 6.07 Å². The first-order valence-electron chi connectivity index (χ1n) is 7.59. The van der Waals surface area contributed by atoms with Crippen molar-refractivity contribution in [3.63, 3.8) is 0 Å². The Kier molecular flexibility index (Phi) is 4.06. The molecule has 20 heavy (non-hydrogen) atoms. The molecule has 3 rings (SSSR count). The Morgan fingerprint density at radius 1 is 1.40 bits per heavy atom. The summed E-state index contributed by atoms with van der Waals surface area (Å²) in [6.07, 6.45) is 7.33. The smallest absolute Gasteiger partial charge is 0.0723 e. The monoisotopic (exact) mass is 275 g/mol. The number of hydrogen-bond donors (Lipinski definition) is 0. The first-order valence-corrected chi connectivity index (χ1v) is 7.59. The highest BCUT2D eigenvalue weighted by molar-refractivity contribution is 5.08. The molecule has 4 nitrogen and oxygen atoms in total. The molecule has 0 aliphatic carbocycles. The molecule has 0 amide bonds. The third kappa shape index (κ3) is 3.03. The zero-order valence-corrected chi connectivity index (χ0v) is 12.6. The van der Waals surface area contributed by atoms with Crippen molar-refractivity contribution in [1.29, 1.82) is 0 Å². The Hall–Kier alpha value is -0.970. The predicted octanol–water partition coefficient (Wildman–Crippen LogP) is 1.77. The summed E-state index contributed by atoms with van der Waals surface area (Å²) in [6, 6.07) is 4.77. The van der Waals surface area contributed by atoms with Crippen molar-refractivity contribution in [1.82, 2.24) is 14.8 Å². The lowest BCUT2D eigenvalue weighted by Gasteiger charge is -2.38. The summed E-state index contributed by atoms with van der Waals surface area (Å²) in [5.41, 5.74) is 1.46. The Morgan fingerprint density at radius 2 is 2.20 bits per heavy atom. The Labute approximate surface area is 121 Å². The molecular formula is C16H25N3O. The Balaban J connectivity index is 1.53. The molecule has 0 N–H and O–H groups in total. The van der Waals surface area contributed by atoms with Crippen LogP contribution in [0.3, 0.4) is 0 Å². The number of likely N-dealkylation sites (tertiary alicyclic amines) is 1. The van der Waals surface area contributed by atoms with Gasteiger partial charge in [0.15, 0.2) is 0 Å². The molecule has 4 heteroatoms. The Bertz CT molecular complexity index is 427. The highest BCUT2D eigenvalue weighted by Crippen LogP contribution is 2.37. The van der Waals surface area contributed by atoms with Gasteiger partial charge in [-0.3, -0.25) is 9.88 Å². The molecule has 2 aliphatic rings. The van der Waals surface area contributed by atoms with Crippen LogP contribution in [0.1, 0.15) is 24.8 Å². The fourth-order valence-corrected chi connectivity index (χ4v) is 3.37. The summed E-state index contributed by atoms with van der Waals surface area (Å²) in [5, 5.41) is 0. The van der Waals surface area contributed by atoms with Gasteiger partial charge < -0.3 is 9.64 Å². The predicted molar refractivity (Wildman–Crippen MR) is 79.5 cm³/mol. The van der Waals surface area contributed by atoms with Crippen LogP contribution in [0.4, 0.5) is 0 Å². The molecule has 3 heterocycles. The molecule has 0 radical (unpaired) electrons. The normalized spacial score (nSPS) is 26.4. The molecule has 0 saturated carbocycles. The van der Waals surface area contributed by atoms with E-state index >= 15 is 0 Å². The van der Waals surface area contributed by atoms with Gasteiger partial charge in [0.2, 0.25) is 0 Å². The summed E-state index contributed by atoms with van der Waals surface area (Å²) in [5.74, 6) is 0. The van der Waals surface area contributed by atoms with Gasteiger partial charge in [0.25, 0.3) is 0 Å². The second-order valence-electron chi connectivity index (χ2n) is 6.45. The van der Waals surface area contributed by atoms with E-state index in [1.165, 1.54) is 12.0 Å². The second-order valence-corrected chi connectivity index (χ2v) is 6.45. The summed E-state index contributed by atoms with van der Waals surface area (Å²) in [6.45, 7) is 4.18. The van der Waals surface area contributed by atoms with Crippen molar-refractivity contribution in [3.05, 3.63) is 30.1 Å². The van der Waals surface area contributed by atoms with Crippen molar-refractivity contribution in [2.45, 2.75) is 37.5 Å². The van der Waals surface area contributed by atoms with Gasteiger partial charge >= 0.3 is 0 Å². The van der Waals surface area contributed by atoms with E-state index in [9.17, 15) is 0 Å². The van der Waals surface area contributed by atoms with Gasteiger partial charge in [0.1, 0.15) is 0 Å². The third-order valence-corrected chi connectivity index (χ3v) is 4.82. The molecule has 2 fully saturated rings. The van der Waals surface area contributed by atoms with Crippen LogP contribution >= 0.6 is 0 Å². The molecule has 0 aromatic carbocycles. The maximum Gasteiger partial charge on any atom is 0.0723 e. The largest absolute Gasteiger partial charge is 0.373 e. The minimum Gasteiger partial charge on any atom is -0.373 e. The standard InChI is InChI=1S/C16H25N3O/c1-18(2)15-10-16(20-13-15)5-8-19(9-6-16)12-14-4-3-7-17-11-14/h3-4,7,11,15H,5-6,8-10,12-13H2,1-2H3/t15-/m0/s1. The summed E-state index contributed by atoms with van der Waals surface area (Å²) in [4.78, 5) is 9.02. The van der Waals surface area contributed by atoms with E-state index in [1.54, 1.807) is 0 Å². The van der Waals surface area contributed by atoms with Crippen LogP contribution in [-0.2, 0) is 11.3 Å². The molecule has 110 valence electrons. The minimum absolute atomic E-state index is 0.153. The van der Waals surface area contributed by atoms with Crippen molar-refractivity contribution in [3.8, 4) is 0 Å². The fraction of sp³-hybridized carbons (Fsp3) is 0.688. The maximum atomic E-state index is 6.17. The van der Waals surface area contributed by atoms with Gasteiger partial charge in [0, 0.05) is 38.1 Å². The number of likely N-dealkylation sites (N-methyl/N-ethyl adjacent to an activating group) is 1. The van der Waals surface area contributed by atoms with E-state index in [-0.39, 0.29) is 5.60 Å². The lowest BCUT2D eigenvalue weighted by atomic mass is 9.87. The number of nitrogens with zero attached hydrogens (tertiary/aromatic N) is 3. The third-order valence-electron chi connectivity index (χ3n) is 4.82. The summed E-state index contributed by atoms with van der Waals surface area (Å²) in [7, 11) is 4.31. The van der Waals surface area contributed by atoms with Crippen molar-refractivity contribution in [2.75, 3.05) is 33.8 Å². The van der Waals surface area contributed by atoms with Crippen molar-refractivity contribution >= 4 is 0 Å². The highest BCUT2D eigenvalue weighted by atomic mass is 16.5. The lowest BCUT2D eigenvalue weighted by molar-refractivity contribution is -0.0451. The summed E-state index contributed by atoms with van der Waals surface area (Å²) < 4.78 is 6.17. The van der Waals surface area contributed by atoms with E-state index in [4.69, 9.17) is 4.74 Å². The van der Waals surface area contributed by atoms with Crippen LogP contribution in [0.2, 0.25) is 0 Å². The number of hydrogen-bond acceptors (Lipinski definition) is 4. The van der Waals surface area contributed by atoms with E-state index in [0.717, 1.165) is 39.1 Å². The molecule has 1 spiro atoms. The van der Waals surface area contributed by atoms with E-state index in [0.29, 0.717) is 6.04 Å². The average Bonchev–Trinajstić information content (AvgIpc) is 2.87. The van der Waals surface area contributed by atoms with Gasteiger partial charge in [-0.25, -0.2) is 0 Å². The number of pyridine rings is 1. The fourth-order valence-electron chi connectivity index (χ4n) is 3.37. The molecule has 0 unspecified atom stereocenters. The van der Waals surface area contributed by atoms with Crippen LogP contribution in [0.5, 0.6) is 0 Å². The topological polar surface area (TPSA) is 28.6 Å². The number of rotatable bonds is 3. The first kappa shape index (κ1) is 14.0. The van der Waals surface area contributed by atoms with Crippen LogP contribution in [0.15, 0.2) is 24.5 Å². The van der Waals surface area contributed by atoms with Gasteiger partial charge in [-0.15, -0.1) is 0 Å². The molecule has 0 bridgehead atoms. The molecule has 2 aliphatic heterocycles. The number of ether oxygens (including phenoxy) is 1. The SMILES string of the molecule is CN(C)[C@@H]1COC2(CCN(Cc3cccnc3)CC2)C1. The number of piperidine rings is 1. The van der Waals surface area contributed by atoms with Crippen LogP contribution in [0.25, 0.3) is 0 Å². The van der Waals surface area contributed by atoms with Crippen molar-refractivity contribution < 1.29 is 4.74 Å². The number of aromatic nitrogens is 1. The molecule has 2 saturated heterocycles. The average molecular weight is 275 g/mol. The molecule has 1 atom stereocenters. The van der Waals surface area contributed by atoms with Gasteiger partial charge in [-0.2, -0.15) is 0 Å². The zero-order valence-electron chi connectivity index (χ0n) is 12.6. The van der Waals surface area contributed by atoms with E-state index in [2.05, 4.69) is 34.9 Å². The lowest BCUT2D eigenvalue weighted by Crippen LogP contribution is -2.44. The van der Waals surface area contributed by atoms with Gasteiger partial charge in [0.05, 0.1) is 12.2 Å². The summed E-state index contributed by atoms with van der Waals surface area (Å²) >= 11 is 0. The zero-order chi connectivity index (χ0) is 14.0. The van der Waals surface area contributed by atoms with Crippen LogP contribution < -0.4 is 0 Å². The van der Waals surface area contributed by atoms with Crippen LogP contribution in [-0.4, -0.2) is 60.2 Å². The second kappa shape index (κ2) is 5.80. The van der Waals surface area contributed by atoms with Crippen LogP contribution in [0, 0.1) is 0 Å². The Morgan fingerprint density at radius 3 is 2.80 bits per heavy atom. The van der Waals surface area contributed by atoms with E-state index < -0.39 is 0 Å². The van der Waals surface area contributed by atoms with Crippen molar-refractivity contribution in [2.24, 2.45) is 0 Å². The molecule has 1 aromatic heterocycles. The quantitative estimate of drug-likeness (QED) is 0.840. The molecular weight excluding hydrogens is 250 g/mol. The highest BCUT2D eigenvalue weighted by Gasteiger charge is 2.43. The maximum absolute atomic E-state index is 6.17. The van der Waals surface area contributed by atoms with E-state index in [1.807, 2.05) is 18.5 Å². The minimum atomic E-state index is 0.153. The first-order chi connectivity index (χ1) is 9.67. The van der Waals surface area contributed by atoms with Gasteiger partial charge in [-0.05, 0) is 45.0 Å². The molecule has 1 aromatic rings.